The van der Waals surface area contributed by atoms with Gasteiger partial charge in [-0.25, -0.2) is 4.39 Å². The second-order valence-electron chi connectivity index (χ2n) is 11.1. The highest BCUT2D eigenvalue weighted by Crippen LogP contribution is 2.34. The van der Waals surface area contributed by atoms with Crippen LogP contribution in [0.15, 0.2) is 60.8 Å². The average molecular weight is 574 g/mol. The molecular formula is C31H32FN5O5. The van der Waals surface area contributed by atoms with E-state index in [-0.39, 0.29) is 30.5 Å². The molecule has 2 fully saturated rings. The minimum absolute atomic E-state index is 0.0843. The van der Waals surface area contributed by atoms with Crippen LogP contribution in [0.4, 0.5) is 10.1 Å². The Balaban J connectivity index is 1.09. The van der Waals surface area contributed by atoms with Gasteiger partial charge in [-0.2, -0.15) is 0 Å². The van der Waals surface area contributed by atoms with Gasteiger partial charge in [-0.1, -0.05) is 24.3 Å². The predicted octanol–water partition coefficient (Wildman–Crippen LogP) is 2.51. The Morgan fingerprint density at radius 2 is 1.83 bits per heavy atom. The number of carbonyl (C=O) groups excluding carboxylic acids is 3. The van der Waals surface area contributed by atoms with Gasteiger partial charge < -0.3 is 20.8 Å². The fraction of sp³-hybridized carbons (Fsp3) is 0.355. The average Bonchev–Trinajstić information content (AvgIpc) is 3.24. The maximum Gasteiger partial charge on any atom is 0.264 e. The van der Waals surface area contributed by atoms with E-state index in [0.29, 0.717) is 49.4 Å². The van der Waals surface area contributed by atoms with Crippen LogP contribution in [0.3, 0.4) is 0 Å². The molecule has 218 valence electrons. The summed E-state index contributed by atoms with van der Waals surface area (Å²) in [6.45, 7) is 1.95. The number of nitrogens with one attached hydrogen (secondary N) is 2. The molecule has 2 atom stereocenters. The van der Waals surface area contributed by atoms with Crippen molar-refractivity contribution in [3.8, 4) is 0 Å². The highest BCUT2D eigenvalue weighted by molar-refractivity contribution is 6.25. The number of aromatic nitrogens is 1. The third-order valence-electron chi connectivity index (χ3n) is 8.40. The number of hydrogen-bond donors (Lipinski definition) is 4. The van der Waals surface area contributed by atoms with Crippen LogP contribution in [0.5, 0.6) is 0 Å². The van der Waals surface area contributed by atoms with Gasteiger partial charge in [0.25, 0.3) is 11.8 Å². The largest absolute Gasteiger partial charge is 0.383 e. The highest BCUT2D eigenvalue weighted by Gasteiger charge is 2.45. The van der Waals surface area contributed by atoms with Gasteiger partial charge in [0.2, 0.25) is 5.91 Å². The number of aliphatic hydroxyl groups excluding tert-OH is 1. The van der Waals surface area contributed by atoms with Crippen molar-refractivity contribution in [1.82, 2.24) is 20.1 Å². The molecule has 0 saturated carbocycles. The standard InChI is InChI=1S/C31H32FN5O5/c32-22-16-19(18-36-14-11-31(42,12-15-36)25-6-1-2-13-33-25)7-8-20(22)17-34-23-5-3-4-21-27(23)30(41)37(29(21)40)24-9-10-26(38)35-28(24)39/h1-8,13,16,24,26,34,38,42H,9-12,14-15,17-18H2,(H,35,39). The summed E-state index contributed by atoms with van der Waals surface area (Å²) < 4.78 is 15.1. The summed E-state index contributed by atoms with van der Waals surface area (Å²) in [5.41, 5.74) is 1.63. The first kappa shape index (κ1) is 28.0. The van der Waals surface area contributed by atoms with Crippen molar-refractivity contribution in [3.05, 3.63) is 94.6 Å². The Labute approximate surface area is 242 Å². The molecule has 2 aromatic carbocycles. The molecule has 11 heteroatoms. The van der Waals surface area contributed by atoms with Crippen LogP contribution in [0.25, 0.3) is 0 Å². The van der Waals surface area contributed by atoms with Gasteiger partial charge in [0.1, 0.15) is 23.7 Å². The first-order valence-corrected chi connectivity index (χ1v) is 14.1. The van der Waals surface area contributed by atoms with Crippen molar-refractivity contribution in [3.63, 3.8) is 0 Å². The number of likely N-dealkylation sites (tertiary alicyclic amines) is 1. The first-order chi connectivity index (χ1) is 20.2. The summed E-state index contributed by atoms with van der Waals surface area (Å²) in [5.74, 6) is -2.13. The lowest BCUT2D eigenvalue weighted by Gasteiger charge is -2.37. The molecule has 4 N–H and O–H groups in total. The van der Waals surface area contributed by atoms with Gasteiger partial charge >= 0.3 is 0 Å². The van der Waals surface area contributed by atoms with Crippen LogP contribution in [0, 0.1) is 5.82 Å². The van der Waals surface area contributed by atoms with Crippen LogP contribution in [-0.4, -0.2) is 68.1 Å². The number of amides is 3. The summed E-state index contributed by atoms with van der Waals surface area (Å²) in [6, 6.07) is 14.4. The number of hydrogen-bond acceptors (Lipinski definition) is 8. The zero-order chi connectivity index (χ0) is 29.4. The predicted molar refractivity (Wildman–Crippen MR) is 150 cm³/mol. The number of piperidine rings is 2. The van der Waals surface area contributed by atoms with E-state index in [1.165, 1.54) is 12.1 Å². The van der Waals surface area contributed by atoms with Crippen LogP contribution in [-0.2, 0) is 23.5 Å². The van der Waals surface area contributed by atoms with E-state index in [9.17, 15) is 24.6 Å². The maximum atomic E-state index is 15.1. The Kier molecular flexibility index (Phi) is 7.48. The van der Waals surface area contributed by atoms with Crippen molar-refractivity contribution >= 4 is 23.4 Å². The number of benzene rings is 2. The molecule has 3 aliphatic heterocycles. The fourth-order valence-corrected chi connectivity index (χ4v) is 6.02. The number of anilines is 1. The van der Waals surface area contributed by atoms with Gasteiger partial charge in [-0.05, 0) is 61.6 Å². The number of halogens is 1. The van der Waals surface area contributed by atoms with E-state index in [1.54, 1.807) is 24.4 Å². The molecule has 10 nitrogen and oxygen atoms in total. The second kappa shape index (κ2) is 11.2. The van der Waals surface area contributed by atoms with Gasteiger partial charge in [0.05, 0.1) is 16.8 Å². The molecular weight excluding hydrogens is 541 g/mol. The topological polar surface area (TPSA) is 135 Å². The summed E-state index contributed by atoms with van der Waals surface area (Å²) >= 11 is 0. The third kappa shape index (κ3) is 5.26. The quantitative estimate of drug-likeness (QED) is 0.317. The SMILES string of the molecule is O=C1NC(O)CCC1N1C(=O)c2cccc(NCc3ccc(CN4CCC(O)(c5ccccn5)CC4)cc3F)c2C1=O. The van der Waals surface area contributed by atoms with E-state index in [1.807, 2.05) is 24.3 Å². The number of rotatable bonds is 7. The van der Waals surface area contributed by atoms with Gasteiger partial charge in [0, 0.05) is 43.6 Å². The van der Waals surface area contributed by atoms with Crippen LogP contribution in [0.1, 0.15) is 63.2 Å². The monoisotopic (exact) mass is 573 g/mol. The molecule has 0 aliphatic carbocycles. The molecule has 3 amide bonds. The van der Waals surface area contributed by atoms with Gasteiger partial charge in [-0.15, -0.1) is 0 Å². The molecule has 4 heterocycles. The molecule has 2 saturated heterocycles. The zero-order valence-corrected chi connectivity index (χ0v) is 22.9. The maximum absolute atomic E-state index is 15.1. The number of aliphatic hydroxyl groups is 2. The molecule has 42 heavy (non-hydrogen) atoms. The van der Waals surface area contributed by atoms with Crippen molar-refractivity contribution in [1.29, 1.82) is 0 Å². The first-order valence-electron chi connectivity index (χ1n) is 14.1. The number of pyridine rings is 1. The molecule has 0 bridgehead atoms. The van der Waals surface area contributed by atoms with Crippen LogP contribution >= 0.6 is 0 Å². The minimum Gasteiger partial charge on any atom is -0.383 e. The van der Waals surface area contributed by atoms with E-state index >= 15 is 4.39 Å². The van der Waals surface area contributed by atoms with Gasteiger partial charge in [0.15, 0.2) is 0 Å². The Morgan fingerprint density at radius 3 is 2.55 bits per heavy atom. The minimum atomic E-state index is -1.00. The van der Waals surface area contributed by atoms with E-state index in [0.717, 1.165) is 10.5 Å². The summed E-state index contributed by atoms with van der Waals surface area (Å²) in [4.78, 5) is 46.2. The fourth-order valence-electron chi connectivity index (χ4n) is 6.02. The van der Waals surface area contributed by atoms with Crippen LogP contribution < -0.4 is 10.6 Å². The van der Waals surface area contributed by atoms with E-state index in [4.69, 9.17) is 0 Å². The third-order valence-corrected chi connectivity index (χ3v) is 8.40. The van der Waals surface area contributed by atoms with E-state index < -0.39 is 41.4 Å². The number of nitrogens with zero attached hydrogens (tertiary/aromatic N) is 3. The highest BCUT2D eigenvalue weighted by atomic mass is 19.1. The summed E-state index contributed by atoms with van der Waals surface area (Å²) in [6.07, 6.45) is 2.17. The molecule has 6 rings (SSSR count). The van der Waals surface area contributed by atoms with Crippen molar-refractivity contribution in [2.45, 2.75) is 56.6 Å². The summed E-state index contributed by atoms with van der Waals surface area (Å²) in [7, 11) is 0. The number of carbonyl (C=O) groups is 3. The molecule has 0 radical (unpaired) electrons. The lowest BCUT2D eigenvalue weighted by Crippen LogP contribution is -2.55. The Morgan fingerprint density at radius 1 is 1.02 bits per heavy atom. The van der Waals surface area contributed by atoms with Gasteiger partial charge in [-0.3, -0.25) is 29.2 Å². The molecule has 2 unspecified atom stereocenters. The lowest BCUT2D eigenvalue weighted by atomic mass is 9.87. The van der Waals surface area contributed by atoms with Crippen molar-refractivity contribution in [2.75, 3.05) is 18.4 Å². The lowest BCUT2D eigenvalue weighted by molar-refractivity contribution is -0.131. The molecule has 3 aromatic rings. The zero-order valence-electron chi connectivity index (χ0n) is 22.9. The number of imide groups is 1. The molecule has 3 aliphatic rings. The number of fused-ring (bicyclic) bond motifs is 1. The van der Waals surface area contributed by atoms with Crippen molar-refractivity contribution in [2.24, 2.45) is 0 Å². The summed E-state index contributed by atoms with van der Waals surface area (Å²) in [5, 5.41) is 26.2. The smallest absolute Gasteiger partial charge is 0.264 e. The Bertz CT molecular complexity index is 1530. The second-order valence-corrected chi connectivity index (χ2v) is 11.1. The normalized spacial score (nSPS) is 22.2. The Hall–Kier alpha value is -4.19. The van der Waals surface area contributed by atoms with Crippen molar-refractivity contribution < 1.29 is 29.0 Å². The van der Waals surface area contributed by atoms with Crippen LogP contribution in [0.2, 0.25) is 0 Å². The van der Waals surface area contributed by atoms with E-state index in [2.05, 4.69) is 20.5 Å². The molecule has 1 aromatic heterocycles. The molecule has 0 spiro atoms.